The van der Waals surface area contributed by atoms with Crippen molar-refractivity contribution < 1.29 is 0 Å². The van der Waals surface area contributed by atoms with Crippen LogP contribution in [0.3, 0.4) is 0 Å². The Bertz CT molecular complexity index is 535. The van der Waals surface area contributed by atoms with Gasteiger partial charge in [-0.2, -0.15) is 5.26 Å². The predicted molar refractivity (Wildman–Crippen MR) is 67.3 cm³/mol. The van der Waals surface area contributed by atoms with Crippen molar-refractivity contribution in [2.45, 2.75) is 26.2 Å². The first-order chi connectivity index (χ1) is 7.86. The minimum absolute atomic E-state index is 0.853. The van der Waals surface area contributed by atoms with Gasteiger partial charge in [-0.25, -0.2) is 0 Å². The lowest BCUT2D eigenvalue weighted by atomic mass is 9.96. The van der Waals surface area contributed by atoms with E-state index in [2.05, 4.69) is 31.2 Å². The maximum Gasteiger partial charge on any atom is 0.100 e. The van der Waals surface area contributed by atoms with Gasteiger partial charge in [-0.3, -0.25) is 0 Å². The van der Waals surface area contributed by atoms with Gasteiger partial charge in [-0.1, -0.05) is 49.7 Å². The van der Waals surface area contributed by atoms with Gasteiger partial charge in [-0.15, -0.1) is 0 Å². The van der Waals surface area contributed by atoms with E-state index in [0.717, 1.165) is 35.6 Å². The summed E-state index contributed by atoms with van der Waals surface area (Å²) in [5.74, 6) is 0. The number of hydrogen-bond acceptors (Lipinski definition) is 1. The van der Waals surface area contributed by atoms with Crippen molar-refractivity contribution >= 4 is 10.8 Å². The largest absolute Gasteiger partial charge is 0.192 e. The summed E-state index contributed by atoms with van der Waals surface area (Å²) in [5, 5.41) is 11.5. The van der Waals surface area contributed by atoms with Gasteiger partial charge in [0, 0.05) is 0 Å². The highest BCUT2D eigenvalue weighted by atomic mass is 14.3. The van der Waals surface area contributed by atoms with Gasteiger partial charge in [0.05, 0.1) is 5.56 Å². The second-order valence-electron chi connectivity index (χ2n) is 4.04. The molecule has 0 saturated heterocycles. The smallest absolute Gasteiger partial charge is 0.100 e. The van der Waals surface area contributed by atoms with Crippen LogP contribution in [0.25, 0.3) is 10.8 Å². The van der Waals surface area contributed by atoms with Crippen LogP contribution >= 0.6 is 0 Å². The number of nitriles is 1. The summed E-state index contributed by atoms with van der Waals surface area (Å²) in [6.07, 6.45) is 3.31. The van der Waals surface area contributed by atoms with E-state index in [-0.39, 0.29) is 0 Å². The van der Waals surface area contributed by atoms with E-state index in [4.69, 9.17) is 0 Å². The van der Waals surface area contributed by atoms with E-state index in [1.165, 1.54) is 5.56 Å². The minimum atomic E-state index is 0.853. The number of fused-ring (bicyclic) bond motifs is 1. The van der Waals surface area contributed by atoms with Crippen LogP contribution < -0.4 is 0 Å². The summed E-state index contributed by atoms with van der Waals surface area (Å²) in [6.45, 7) is 2.17. The molecule has 0 spiro atoms. The maximum atomic E-state index is 9.27. The Morgan fingerprint density at radius 2 is 1.94 bits per heavy atom. The molecule has 0 atom stereocenters. The molecule has 1 nitrogen and oxygen atoms in total. The fraction of sp³-hybridized carbons (Fsp3) is 0.267. The molecule has 0 radical (unpaired) electrons. The lowest BCUT2D eigenvalue weighted by Gasteiger charge is -2.06. The van der Waals surface area contributed by atoms with E-state index < -0.39 is 0 Å². The molecule has 0 amide bonds. The summed E-state index contributed by atoms with van der Waals surface area (Å²) in [4.78, 5) is 0. The van der Waals surface area contributed by atoms with E-state index in [1.54, 1.807) is 0 Å². The van der Waals surface area contributed by atoms with Crippen LogP contribution in [0.2, 0.25) is 0 Å². The van der Waals surface area contributed by atoms with Crippen LogP contribution in [0.1, 0.15) is 30.9 Å². The van der Waals surface area contributed by atoms with Crippen molar-refractivity contribution in [3.05, 3.63) is 47.5 Å². The SMILES string of the molecule is CCCCc1ccc2ccccc2c1C#N. The number of aryl methyl sites for hydroxylation is 1. The molecule has 0 aliphatic rings. The van der Waals surface area contributed by atoms with E-state index in [0.29, 0.717) is 0 Å². The molecule has 1 heteroatoms. The van der Waals surface area contributed by atoms with Crippen LogP contribution in [0.4, 0.5) is 0 Å². The zero-order valence-corrected chi connectivity index (χ0v) is 9.53. The zero-order valence-electron chi connectivity index (χ0n) is 9.53. The van der Waals surface area contributed by atoms with Gasteiger partial charge in [0.15, 0.2) is 0 Å². The Morgan fingerprint density at radius 1 is 1.12 bits per heavy atom. The van der Waals surface area contributed by atoms with Gasteiger partial charge in [0.2, 0.25) is 0 Å². The Hall–Kier alpha value is -1.81. The summed E-state index contributed by atoms with van der Waals surface area (Å²) < 4.78 is 0. The second kappa shape index (κ2) is 4.81. The maximum absolute atomic E-state index is 9.27. The molecule has 2 rings (SSSR count). The number of benzene rings is 2. The highest BCUT2D eigenvalue weighted by Crippen LogP contribution is 2.22. The normalized spacial score (nSPS) is 10.2. The van der Waals surface area contributed by atoms with Crippen molar-refractivity contribution in [2.24, 2.45) is 0 Å². The zero-order chi connectivity index (χ0) is 11.4. The van der Waals surface area contributed by atoms with Gasteiger partial charge >= 0.3 is 0 Å². The van der Waals surface area contributed by atoms with Crippen LogP contribution in [-0.4, -0.2) is 0 Å². The first kappa shape index (κ1) is 10.7. The monoisotopic (exact) mass is 209 g/mol. The van der Waals surface area contributed by atoms with Crippen molar-refractivity contribution in [2.75, 3.05) is 0 Å². The third-order valence-electron chi connectivity index (χ3n) is 2.93. The lowest BCUT2D eigenvalue weighted by Crippen LogP contribution is -1.91. The standard InChI is InChI=1S/C15H15N/c1-2-3-6-13-10-9-12-7-4-5-8-14(12)15(13)11-16/h4-5,7-10H,2-3,6H2,1H3. The van der Waals surface area contributed by atoms with Crippen molar-refractivity contribution in [1.29, 1.82) is 5.26 Å². The summed E-state index contributed by atoms with van der Waals surface area (Å²) in [6, 6.07) is 14.6. The Labute approximate surface area is 96.3 Å². The number of unbranched alkanes of at least 4 members (excludes halogenated alkanes) is 1. The molecule has 0 aromatic heterocycles. The van der Waals surface area contributed by atoms with Crippen LogP contribution in [0.15, 0.2) is 36.4 Å². The molecular weight excluding hydrogens is 194 g/mol. The van der Waals surface area contributed by atoms with E-state index in [1.807, 2.05) is 18.2 Å². The Balaban J connectivity index is 2.55. The number of rotatable bonds is 3. The van der Waals surface area contributed by atoms with Gasteiger partial charge in [0.1, 0.15) is 6.07 Å². The highest BCUT2D eigenvalue weighted by Gasteiger charge is 2.05. The topological polar surface area (TPSA) is 23.8 Å². The molecule has 0 unspecified atom stereocenters. The van der Waals surface area contributed by atoms with E-state index >= 15 is 0 Å². The first-order valence-electron chi connectivity index (χ1n) is 5.77. The molecule has 0 aliphatic carbocycles. The number of hydrogen-bond donors (Lipinski definition) is 0. The van der Waals surface area contributed by atoms with Crippen LogP contribution in [0, 0.1) is 11.3 Å². The average molecular weight is 209 g/mol. The predicted octanol–water partition coefficient (Wildman–Crippen LogP) is 4.05. The third-order valence-corrected chi connectivity index (χ3v) is 2.93. The average Bonchev–Trinajstić information content (AvgIpc) is 2.35. The van der Waals surface area contributed by atoms with E-state index in [9.17, 15) is 5.26 Å². The summed E-state index contributed by atoms with van der Waals surface area (Å²) in [5.41, 5.74) is 2.04. The molecule has 0 fully saturated rings. The summed E-state index contributed by atoms with van der Waals surface area (Å²) >= 11 is 0. The lowest BCUT2D eigenvalue weighted by molar-refractivity contribution is 0.794. The van der Waals surface area contributed by atoms with Crippen molar-refractivity contribution in [3.8, 4) is 6.07 Å². The van der Waals surface area contributed by atoms with Crippen LogP contribution in [0.5, 0.6) is 0 Å². The third kappa shape index (κ3) is 1.92. The Kier molecular flexibility index (Phi) is 3.22. The van der Waals surface area contributed by atoms with Gasteiger partial charge in [-0.05, 0) is 29.2 Å². The van der Waals surface area contributed by atoms with Crippen LogP contribution in [-0.2, 0) is 6.42 Å². The molecule has 2 aromatic carbocycles. The Morgan fingerprint density at radius 3 is 2.69 bits per heavy atom. The van der Waals surface area contributed by atoms with Crippen molar-refractivity contribution in [3.63, 3.8) is 0 Å². The molecule has 2 aromatic rings. The fourth-order valence-electron chi connectivity index (χ4n) is 2.02. The molecule has 0 heterocycles. The quantitative estimate of drug-likeness (QED) is 0.748. The molecule has 80 valence electrons. The molecule has 0 N–H and O–H groups in total. The fourth-order valence-corrected chi connectivity index (χ4v) is 2.02. The van der Waals surface area contributed by atoms with Gasteiger partial charge in [0.25, 0.3) is 0 Å². The molecular formula is C15H15N. The second-order valence-corrected chi connectivity index (χ2v) is 4.04. The van der Waals surface area contributed by atoms with Crippen molar-refractivity contribution in [1.82, 2.24) is 0 Å². The molecule has 0 bridgehead atoms. The summed E-state index contributed by atoms with van der Waals surface area (Å²) in [7, 11) is 0. The number of nitrogens with zero attached hydrogens (tertiary/aromatic N) is 1. The first-order valence-corrected chi connectivity index (χ1v) is 5.77. The molecule has 16 heavy (non-hydrogen) atoms. The minimum Gasteiger partial charge on any atom is -0.192 e. The molecule has 0 aliphatic heterocycles. The highest BCUT2D eigenvalue weighted by molar-refractivity contribution is 5.89. The molecule has 0 saturated carbocycles. The van der Waals surface area contributed by atoms with Gasteiger partial charge < -0.3 is 0 Å².